The zero-order chi connectivity index (χ0) is 19.8. The van der Waals surface area contributed by atoms with Crippen molar-refractivity contribution < 1.29 is 0 Å². The van der Waals surface area contributed by atoms with Gasteiger partial charge in [-0.3, -0.25) is 18.8 Å². The number of rotatable bonds is 4. The Morgan fingerprint density at radius 1 is 1.00 bits per heavy atom. The Labute approximate surface area is 163 Å². The lowest BCUT2D eigenvalue weighted by Crippen LogP contribution is -2.39. The van der Waals surface area contributed by atoms with Crippen LogP contribution in [0.4, 0.5) is 5.95 Å². The number of benzene rings is 1. The number of anilines is 1. The number of aryl methyl sites for hydroxylation is 2. The van der Waals surface area contributed by atoms with Crippen LogP contribution in [0.5, 0.6) is 0 Å². The Morgan fingerprint density at radius 2 is 1.68 bits per heavy atom. The minimum Gasteiger partial charge on any atom is -0.353 e. The Hall–Kier alpha value is -2.87. The number of piperidine rings is 1. The molecule has 1 saturated heterocycles. The number of imidazole rings is 1. The number of nitrogens with zero attached hydrogens (tertiary/aromatic N) is 5. The first-order valence-corrected chi connectivity index (χ1v) is 9.61. The smallest absolute Gasteiger partial charge is 0.332 e. The molecule has 28 heavy (non-hydrogen) atoms. The first-order chi connectivity index (χ1) is 13.5. The van der Waals surface area contributed by atoms with Crippen molar-refractivity contribution in [2.75, 3.05) is 18.4 Å². The summed E-state index contributed by atoms with van der Waals surface area (Å²) in [5, 5.41) is 3.48. The molecule has 3 aromatic rings. The number of likely N-dealkylation sites (tertiary alicyclic amines) is 1. The second-order valence-electron chi connectivity index (χ2n) is 7.55. The van der Waals surface area contributed by atoms with Gasteiger partial charge in [-0.25, -0.2) is 4.79 Å². The molecule has 148 valence electrons. The van der Waals surface area contributed by atoms with Crippen molar-refractivity contribution in [2.24, 2.45) is 21.1 Å². The highest BCUT2D eigenvalue weighted by Gasteiger charge is 2.22. The summed E-state index contributed by atoms with van der Waals surface area (Å²) in [6.07, 6.45) is 2.01. The molecule has 0 atom stereocenters. The van der Waals surface area contributed by atoms with Gasteiger partial charge in [0.05, 0.1) is 0 Å². The van der Waals surface area contributed by atoms with E-state index in [1.165, 1.54) is 17.2 Å². The van der Waals surface area contributed by atoms with Crippen LogP contribution in [-0.4, -0.2) is 42.7 Å². The number of aromatic nitrogens is 4. The summed E-state index contributed by atoms with van der Waals surface area (Å²) in [5.74, 6) is 0.634. The van der Waals surface area contributed by atoms with Gasteiger partial charge < -0.3 is 9.88 Å². The lowest BCUT2D eigenvalue weighted by molar-refractivity contribution is 0.211. The molecule has 0 radical (unpaired) electrons. The molecule has 1 aliphatic heterocycles. The van der Waals surface area contributed by atoms with E-state index < -0.39 is 0 Å². The molecule has 8 heteroatoms. The summed E-state index contributed by atoms with van der Waals surface area (Å²) in [5.41, 5.74) is 1.50. The Kier molecular flexibility index (Phi) is 4.80. The van der Waals surface area contributed by atoms with E-state index in [0.717, 1.165) is 37.0 Å². The molecule has 3 heterocycles. The third-order valence-electron chi connectivity index (χ3n) is 5.65. The molecule has 0 spiro atoms. The molecule has 0 saturated carbocycles. The van der Waals surface area contributed by atoms with E-state index in [1.807, 2.05) is 13.1 Å². The van der Waals surface area contributed by atoms with Crippen molar-refractivity contribution in [3.05, 3.63) is 56.7 Å². The fourth-order valence-electron chi connectivity index (χ4n) is 3.91. The minimum atomic E-state index is -0.364. The molecule has 0 bridgehead atoms. The van der Waals surface area contributed by atoms with Gasteiger partial charge in [0.1, 0.15) is 0 Å². The third-order valence-corrected chi connectivity index (χ3v) is 5.65. The van der Waals surface area contributed by atoms with Gasteiger partial charge in [-0.15, -0.1) is 0 Å². The van der Waals surface area contributed by atoms with Gasteiger partial charge >= 0.3 is 5.69 Å². The van der Waals surface area contributed by atoms with Crippen LogP contribution in [-0.2, 0) is 27.7 Å². The summed E-state index contributed by atoms with van der Waals surface area (Å²) in [4.78, 5) is 31.7. The van der Waals surface area contributed by atoms with Crippen molar-refractivity contribution in [1.82, 2.24) is 23.6 Å². The lowest BCUT2D eigenvalue weighted by atomic mass is 10.0. The maximum atomic E-state index is 12.5. The first-order valence-electron chi connectivity index (χ1n) is 9.61. The monoisotopic (exact) mass is 382 g/mol. The van der Waals surface area contributed by atoms with Crippen molar-refractivity contribution in [2.45, 2.75) is 25.4 Å². The molecule has 1 aromatic carbocycles. The predicted molar refractivity (Wildman–Crippen MR) is 110 cm³/mol. The van der Waals surface area contributed by atoms with E-state index in [2.05, 4.69) is 39.5 Å². The highest BCUT2D eigenvalue weighted by atomic mass is 16.2. The van der Waals surface area contributed by atoms with Crippen LogP contribution in [0.3, 0.4) is 0 Å². The van der Waals surface area contributed by atoms with Gasteiger partial charge in [0.25, 0.3) is 5.56 Å². The highest BCUT2D eigenvalue weighted by Crippen LogP contribution is 2.19. The molecule has 1 fully saturated rings. The average Bonchev–Trinajstić information content (AvgIpc) is 3.03. The molecular formula is C20H26N6O2. The minimum absolute atomic E-state index is 0.295. The van der Waals surface area contributed by atoms with E-state index in [1.54, 1.807) is 11.6 Å². The second kappa shape index (κ2) is 7.27. The van der Waals surface area contributed by atoms with Gasteiger partial charge in [-0.1, -0.05) is 30.3 Å². The summed E-state index contributed by atoms with van der Waals surface area (Å²) in [6, 6.07) is 10.8. The quantitative estimate of drug-likeness (QED) is 0.730. The van der Waals surface area contributed by atoms with Crippen molar-refractivity contribution >= 4 is 17.1 Å². The molecule has 8 nitrogen and oxygen atoms in total. The summed E-state index contributed by atoms with van der Waals surface area (Å²) >= 11 is 0. The number of hydrogen-bond acceptors (Lipinski definition) is 5. The van der Waals surface area contributed by atoms with Crippen LogP contribution in [0.1, 0.15) is 18.4 Å². The SMILES string of the molecule is Cn1c(=O)c2c(nc(NC3CCN(Cc4ccccc4)CC3)n2C)n(C)c1=O. The van der Waals surface area contributed by atoms with E-state index >= 15 is 0 Å². The highest BCUT2D eigenvalue weighted by molar-refractivity contribution is 5.74. The van der Waals surface area contributed by atoms with Gasteiger partial charge in [0, 0.05) is 46.8 Å². The van der Waals surface area contributed by atoms with E-state index in [4.69, 9.17) is 0 Å². The molecule has 0 amide bonds. The van der Waals surface area contributed by atoms with Gasteiger partial charge in [0.2, 0.25) is 5.95 Å². The van der Waals surface area contributed by atoms with Gasteiger partial charge in [-0.2, -0.15) is 4.98 Å². The van der Waals surface area contributed by atoms with Crippen LogP contribution >= 0.6 is 0 Å². The first kappa shape index (κ1) is 18.5. The van der Waals surface area contributed by atoms with Crippen molar-refractivity contribution in [3.63, 3.8) is 0 Å². The maximum absolute atomic E-state index is 12.5. The Morgan fingerprint density at radius 3 is 2.36 bits per heavy atom. The number of fused-ring (bicyclic) bond motifs is 1. The lowest BCUT2D eigenvalue weighted by Gasteiger charge is -2.32. The van der Waals surface area contributed by atoms with Crippen molar-refractivity contribution in [3.8, 4) is 0 Å². The maximum Gasteiger partial charge on any atom is 0.332 e. The number of nitrogens with one attached hydrogen (secondary N) is 1. The van der Waals surface area contributed by atoms with E-state index in [0.29, 0.717) is 23.2 Å². The van der Waals surface area contributed by atoms with Crippen molar-refractivity contribution in [1.29, 1.82) is 0 Å². The molecule has 0 aliphatic carbocycles. The Balaban J connectivity index is 1.49. The normalized spacial score (nSPS) is 16.0. The van der Waals surface area contributed by atoms with E-state index in [-0.39, 0.29) is 11.2 Å². The third kappa shape index (κ3) is 3.24. The molecule has 1 aliphatic rings. The molecule has 4 rings (SSSR count). The van der Waals surface area contributed by atoms with E-state index in [9.17, 15) is 9.59 Å². The number of hydrogen-bond donors (Lipinski definition) is 1. The zero-order valence-corrected chi connectivity index (χ0v) is 16.6. The van der Waals surface area contributed by atoms with Gasteiger partial charge in [0.15, 0.2) is 11.2 Å². The molecule has 0 unspecified atom stereocenters. The largest absolute Gasteiger partial charge is 0.353 e. The fourth-order valence-corrected chi connectivity index (χ4v) is 3.91. The van der Waals surface area contributed by atoms with Crippen LogP contribution in [0.2, 0.25) is 0 Å². The summed E-state index contributed by atoms with van der Waals surface area (Å²) < 4.78 is 4.30. The average molecular weight is 382 g/mol. The second-order valence-corrected chi connectivity index (χ2v) is 7.55. The topological polar surface area (TPSA) is 77.1 Å². The predicted octanol–water partition coefficient (Wildman–Crippen LogP) is 1.05. The zero-order valence-electron chi connectivity index (χ0n) is 16.6. The summed E-state index contributed by atoms with van der Waals surface area (Å²) in [7, 11) is 4.95. The van der Waals surface area contributed by atoms with Crippen LogP contribution in [0, 0.1) is 0 Å². The Bertz CT molecular complexity index is 1100. The summed E-state index contributed by atoms with van der Waals surface area (Å²) in [6.45, 7) is 2.99. The molecular weight excluding hydrogens is 356 g/mol. The van der Waals surface area contributed by atoms with Gasteiger partial charge in [-0.05, 0) is 18.4 Å². The fraction of sp³-hybridized carbons (Fsp3) is 0.450. The molecule has 2 aromatic heterocycles. The standard InChI is InChI=1S/C20H26N6O2/c1-23-16-17(24(2)20(28)25(3)18(16)27)22-19(23)21-15-9-11-26(12-10-15)13-14-7-5-4-6-8-14/h4-8,15H,9-13H2,1-3H3,(H,21,22). The van der Waals surface area contributed by atoms with Crippen LogP contribution in [0.15, 0.2) is 39.9 Å². The molecule has 1 N–H and O–H groups in total. The van der Waals surface area contributed by atoms with Crippen LogP contribution < -0.4 is 16.6 Å². The van der Waals surface area contributed by atoms with Crippen LogP contribution in [0.25, 0.3) is 11.2 Å².